The molecule has 0 bridgehead atoms. The third-order valence-electron chi connectivity index (χ3n) is 6.14. The molecular formula is C29H28N4O4. The first-order valence-corrected chi connectivity index (χ1v) is 12.0. The third-order valence-corrected chi connectivity index (χ3v) is 6.14. The van der Waals surface area contributed by atoms with E-state index in [2.05, 4.69) is 21.8 Å². The lowest BCUT2D eigenvalue weighted by Gasteiger charge is -2.26. The van der Waals surface area contributed by atoms with Crippen LogP contribution >= 0.6 is 0 Å². The number of methoxy groups -OCH3 is 2. The lowest BCUT2D eigenvalue weighted by Crippen LogP contribution is -2.22. The van der Waals surface area contributed by atoms with Gasteiger partial charge in [-0.2, -0.15) is 5.10 Å². The summed E-state index contributed by atoms with van der Waals surface area (Å²) in [5, 5.41) is 11.0. The van der Waals surface area contributed by atoms with Crippen LogP contribution in [0.2, 0.25) is 0 Å². The van der Waals surface area contributed by atoms with Crippen LogP contribution in [0.5, 0.6) is 17.2 Å². The minimum atomic E-state index is -0.265. The van der Waals surface area contributed by atoms with Crippen LogP contribution in [0.4, 0.5) is 11.5 Å². The summed E-state index contributed by atoms with van der Waals surface area (Å²) in [6.45, 7) is 2.51. The molecule has 0 fully saturated rings. The minimum absolute atomic E-state index is 0.240. The minimum Gasteiger partial charge on any atom is -0.497 e. The number of ether oxygens (including phenoxy) is 3. The molecule has 0 saturated heterocycles. The van der Waals surface area contributed by atoms with Crippen molar-refractivity contribution in [1.82, 2.24) is 9.78 Å². The number of nitrogens with one attached hydrogen (secondary N) is 2. The van der Waals surface area contributed by atoms with Gasteiger partial charge in [-0.3, -0.25) is 4.79 Å². The Hall–Kier alpha value is -4.72. The molecular weight excluding hydrogens is 468 g/mol. The van der Waals surface area contributed by atoms with E-state index >= 15 is 0 Å². The Morgan fingerprint density at radius 3 is 2.41 bits per heavy atom. The standard InChI is InChI=1S/C29H28N4O4/c1-4-37-23-14-10-21(11-15-23)31-29(34)25-18-30-33-27(19-8-12-22(35-2)13-9-19)17-26(32-28(25)33)20-6-5-7-24(16-20)36-3/h5-18,27,32H,4H2,1-3H3,(H,31,34)/t27-/m1/s1. The Labute approximate surface area is 215 Å². The summed E-state index contributed by atoms with van der Waals surface area (Å²) in [7, 11) is 3.28. The maximum Gasteiger partial charge on any atom is 0.261 e. The van der Waals surface area contributed by atoms with Gasteiger partial charge in [0.05, 0.1) is 33.1 Å². The van der Waals surface area contributed by atoms with Crippen LogP contribution in [0.1, 0.15) is 34.5 Å². The highest BCUT2D eigenvalue weighted by molar-refractivity contribution is 6.08. The summed E-state index contributed by atoms with van der Waals surface area (Å²) >= 11 is 0. The van der Waals surface area contributed by atoms with Crippen LogP contribution in [0.25, 0.3) is 5.70 Å². The summed E-state index contributed by atoms with van der Waals surface area (Å²) in [4.78, 5) is 13.3. The molecule has 1 amide bonds. The zero-order valence-electron chi connectivity index (χ0n) is 20.9. The molecule has 1 aromatic heterocycles. The molecule has 188 valence electrons. The molecule has 1 aliphatic rings. The Kier molecular flexibility index (Phi) is 6.81. The van der Waals surface area contributed by atoms with Crippen molar-refractivity contribution in [2.75, 3.05) is 31.5 Å². The van der Waals surface area contributed by atoms with E-state index in [-0.39, 0.29) is 11.9 Å². The van der Waals surface area contributed by atoms with Gasteiger partial charge in [-0.05, 0) is 67.1 Å². The average molecular weight is 497 g/mol. The Bertz CT molecular complexity index is 1430. The average Bonchev–Trinajstić information content (AvgIpc) is 3.38. The van der Waals surface area contributed by atoms with Gasteiger partial charge in [0.15, 0.2) is 0 Å². The van der Waals surface area contributed by atoms with Crippen LogP contribution < -0.4 is 24.8 Å². The molecule has 8 heteroatoms. The quantitative estimate of drug-likeness (QED) is 0.330. The maximum atomic E-state index is 13.3. The van der Waals surface area contributed by atoms with E-state index in [1.807, 2.05) is 84.4 Å². The molecule has 1 aliphatic heterocycles. The van der Waals surface area contributed by atoms with Crippen molar-refractivity contribution >= 4 is 23.1 Å². The smallest absolute Gasteiger partial charge is 0.261 e. The highest BCUT2D eigenvalue weighted by Crippen LogP contribution is 2.36. The highest BCUT2D eigenvalue weighted by Gasteiger charge is 2.28. The Morgan fingerprint density at radius 2 is 1.70 bits per heavy atom. The van der Waals surface area contributed by atoms with Crippen molar-refractivity contribution in [1.29, 1.82) is 0 Å². The molecule has 2 N–H and O–H groups in total. The zero-order valence-corrected chi connectivity index (χ0v) is 20.9. The highest BCUT2D eigenvalue weighted by atomic mass is 16.5. The van der Waals surface area contributed by atoms with Gasteiger partial charge in [0.1, 0.15) is 28.6 Å². The van der Waals surface area contributed by atoms with Crippen molar-refractivity contribution in [3.8, 4) is 17.2 Å². The van der Waals surface area contributed by atoms with Gasteiger partial charge < -0.3 is 24.8 Å². The van der Waals surface area contributed by atoms with E-state index in [9.17, 15) is 4.79 Å². The Morgan fingerprint density at radius 1 is 0.973 bits per heavy atom. The maximum absolute atomic E-state index is 13.3. The number of amides is 1. The van der Waals surface area contributed by atoms with Gasteiger partial charge >= 0.3 is 0 Å². The van der Waals surface area contributed by atoms with Crippen LogP contribution in [0.15, 0.2) is 85.1 Å². The van der Waals surface area contributed by atoms with E-state index in [1.165, 1.54) is 0 Å². The fourth-order valence-electron chi connectivity index (χ4n) is 4.26. The normalized spacial score (nSPS) is 14.1. The van der Waals surface area contributed by atoms with Crippen LogP contribution in [0, 0.1) is 0 Å². The lowest BCUT2D eigenvalue weighted by atomic mass is 10.0. The molecule has 2 heterocycles. The second-order valence-corrected chi connectivity index (χ2v) is 8.42. The molecule has 37 heavy (non-hydrogen) atoms. The van der Waals surface area contributed by atoms with Crippen LogP contribution in [-0.4, -0.2) is 36.5 Å². The van der Waals surface area contributed by atoms with Crippen molar-refractivity contribution in [3.05, 3.63) is 102 Å². The predicted octanol–water partition coefficient (Wildman–Crippen LogP) is 5.61. The second kappa shape index (κ2) is 10.5. The summed E-state index contributed by atoms with van der Waals surface area (Å²) in [6, 6.07) is 22.7. The molecule has 5 rings (SSSR count). The largest absolute Gasteiger partial charge is 0.497 e. The van der Waals surface area contributed by atoms with E-state index in [4.69, 9.17) is 14.2 Å². The monoisotopic (exact) mass is 496 g/mol. The third kappa shape index (κ3) is 4.99. The summed E-state index contributed by atoms with van der Waals surface area (Å²) < 4.78 is 18.1. The molecule has 8 nitrogen and oxygen atoms in total. The van der Waals surface area contributed by atoms with Gasteiger partial charge in [0.25, 0.3) is 5.91 Å². The number of rotatable bonds is 8. The molecule has 0 radical (unpaired) electrons. The second-order valence-electron chi connectivity index (χ2n) is 8.42. The van der Waals surface area contributed by atoms with E-state index < -0.39 is 0 Å². The first-order valence-electron chi connectivity index (χ1n) is 12.0. The van der Waals surface area contributed by atoms with Gasteiger partial charge in [0, 0.05) is 16.9 Å². The van der Waals surface area contributed by atoms with Gasteiger partial charge in [-0.25, -0.2) is 4.68 Å². The number of nitrogens with zero attached hydrogens (tertiary/aromatic N) is 2. The van der Waals surface area contributed by atoms with Gasteiger partial charge in [0.2, 0.25) is 0 Å². The first kappa shape index (κ1) is 24.0. The molecule has 0 spiro atoms. The van der Waals surface area contributed by atoms with Gasteiger partial charge in [-0.15, -0.1) is 0 Å². The first-order chi connectivity index (χ1) is 18.1. The Balaban J connectivity index is 1.50. The van der Waals surface area contributed by atoms with Crippen molar-refractivity contribution in [2.45, 2.75) is 13.0 Å². The molecule has 0 aliphatic carbocycles. The summed E-state index contributed by atoms with van der Waals surface area (Å²) in [6.07, 6.45) is 3.68. The number of aromatic nitrogens is 2. The summed E-state index contributed by atoms with van der Waals surface area (Å²) in [5.41, 5.74) is 3.89. The van der Waals surface area contributed by atoms with Gasteiger partial charge in [-0.1, -0.05) is 24.3 Å². The van der Waals surface area contributed by atoms with Crippen molar-refractivity contribution in [3.63, 3.8) is 0 Å². The predicted molar refractivity (Wildman–Crippen MR) is 144 cm³/mol. The molecule has 0 unspecified atom stereocenters. The number of hydrogen-bond donors (Lipinski definition) is 2. The summed E-state index contributed by atoms with van der Waals surface area (Å²) in [5.74, 6) is 2.60. The topological polar surface area (TPSA) is 86.6 Å². The molecule has 0 saturated carbocycles. The molecule has 4 aromatic rings. The number of hydrogen-bond acceptors (Lipinski definition) is 6. The van der Waals surface area contributed by atoms with Crippen LogP contribution in [-0.2, 0) is 0 Å². The fourth-order valence-corrected chi connectivity index (χ4v) is 4.26. The SMILES string of the molecule is CCOc1ccc(NC(=O)c2cnn3c2NC(c2cccc(OC)c2)=C[C@@H]3c2ccc(OC)cc2)cc1. The van der Waals surface area contributed by atoms with Crippen molar-refractivity contribution < 1.29 is 19.0 Å². The molecule has 1 atom stereocenters. The molecule has 3 aromatic carbocycles. The number of fused-ring (bicyclic) bond motifs is 1. The van der Waals surface area contributed by atoms with E-state index in [1.54, 1.807) is 20.4 Å². The van der Waals surface area contributed by atoms with Crippen molar-refractivity contribution in [2.24, 2.45) is 0 Å². The van der Waals surface area contributed by atoms with E-state index in [0.717, 1.165) is 34.1 Å². The number of allylic oxidation sites excluding steroid dienone is 1. The van der Waals surface area contributed by atoms with Crippen LogP contribution in [0.3, 0.4) is 0 Å². The fraction of sp³-hybridized carbons (Fsp3) is 0.172. The number of benzene rings is 3. The number of anilines is 2. The zero-order chi connectivity index (χ0) is 25.8. The lowest BCUT2D eigenvalue weighted by molar-refractivity contribution is 0.102. The number of carbonyl (C=O) groups excluding carboxylic acids is 1. The number of carbonyl (C=O) groups is 1. The van der Waals surface area contributed by atoms with E-state index in [0.29, 0.717) is 23.7 Å².